The fraction of sp³-hybridized carbons (Fsp3) is 0.192. The SMILES string of the molecule is C=N/C(C)=C\N(C)c1cncc2[nH]c(-c3n[nH]c4cnc(-c5cncc(NC(=O)CCC)c5)c(F)c34)nc12. The summed E-state index contributed by atoms with van der Waals surface area (Å²) in [4.78, 5) is 38.4. The second-order valence-electron chi connectivity index (χ2n) is 8.72. The minimum absolute atomic E-state index is 0.0787. The van der Waals surface area contributed by atoms with Crippen LogP contribution in [0.4, 0.5) is 15.8 Å². The predicted molar refractivity (Wildman–Crippen MR) is 145 cm³/mol. The molecule has 0 unspecified atom stereocenters. The van der Waals surface area contributed by atoms with E-state index in [1.54, 1.807) is 18.5 Å². The number of aliphatic imine (C=N–C) groups is 1. The van der Waals surface area contributed by atoms with Gasteiger partial charge in [-0.2, -0.15) is 5.10 Å². The number of nitrogens with zero attached hydrogens (tertiary/aromatic N) is 7. The Morgan fingerprint density at radius 2 is 2.00 bits per heavy atom. The van der Waals surface area contributed by atoms with E-state index in [4.69, 9.17) is 4.98 Å². The monoisotopic (exact) mass is 512 g/mol. The quantitative estimate of drug-likeness (QED) is 0.253. The maximum absolute atomic E-state index is 16.0. The standard InChI is InChI=1S/C26H25FN10O/c1-5-6-20(38)32-16-7-15(8-29-9-16)23-22(27)21-17(11-31-23)35-36-25(21)26-33-18-10-30-12-19(24(18)34-26)37(4)13-14(2)28-3/h7-13H,3,5-6H2,1-2,4H3,(H,32,38)(H,33,34)(H,35,36)/b14-13-. The molecule has 0 aliphatic rings. The van der Waals surface area contributed by atoms with Gasteiger partial charge in [0.1, 0.15) is 16.9 Å². The number of hydrogen-bond acceptors (Lipinski definition) is 8. The number of aromatic amines is 2. The smallest absolute Gasteiger partial charge is 0.224 e. The number of carbonyl (C=O) groups excluding carboxylic acids is 1. The van der Waals surface area contributed by atoms with E-state index in [2.05, 4.69) is 47.2 Å². The highest BCUT2D eigenvalue weighted by Gasteiger charge is 2.21. The highest BCUT2D eigenvalue weighted by Crippen LogP contribution is 2.34. The van der Waals surface area contributed by atoms with Gasteiger partial charge in [-0.15, -0.1) is 0 Å². The number of aromatic nitrogens is 7. The third kappa shape index (κ3) is 4.59. The molecule has 0 bridgehead atoms. The zero-order valence-corrected chi connectivity index (χ0v) is 21.1. The Morgan fingerprint density at radius 1 is 1.18 bits per heavy atom. The second-order valence-corrected chi connectivity index (χ2v) is 8.72. The molecule has 192 valence electrons. The lowest BCUT2D eigenvalue weighted by Crippen LogP contribution is -2.10. The first-order valence-corrected chi connectivity index (χ1v) is 11.9. The summed E-state index contributed by atoms with van der Waals surface area (Å²) in [7, 11) is 1.86. The fourth-order valence-corrected chi connectivity index (χ4v) is 4.12. The highest BCUT2D eigenvalue weighted by atomic mass is 19.1. The summed E-state index contributed by atoms with van der Waals surface area (Å²) in [6.45, 7) is 7.29. The van der Waals surface area contributed by atoms with Crippen LogP contribution < -0.4 is 10.2 Å². The van der Waals surface area contributed by atoms with Gasteiger partial charge >= 0.3 is 0 Å². The van der Waals surface area contributed by atoms with Crippen LogP contribution in [0.25, 0.3) is 44.7 Å². The van der Waals surface area contributed by atoms with Gasteiger partial charge in [-0.1, -0.05) is 6.92 Å². The molecule has 0 aliphatic carbocycles. The van der Waals surface area contributed by atoms with Gasteiger partial charge in [0.25, 0.3) is 0 Å². The third-order valence-corrected chi connectivity index (χ3v) is 5.93. The molecule has 1 amide bonds. The molecule has 5 rings (SSSR count). The number of anilines is 2. The van der Waals surface area contributed by atoms with Crippen molar-refractivity contribution < 1.29 is 9.18 Å². The Kier molecular flexibility index (Phi) is 6.60. The maximum atomic E-state index is 16.0. The Balaban J connectivity index is 1.58. The van der Waals surface area contributed by atoms with Crippen molar-refractivity contribution in [3.8, 4) is 22.8 Å². The molecular weight excluding hydrogens is 487 g/mol. The van der Waals surface area contributed by atoms with Gasteiger partial charge in [0.05, 0.1) is 58.3 Å². The largest absolute Gasteiger partial charge is 0.346 e. The molecule has 0 radical (unpaired) electrons. The molecule has 0 saturated carbocycles. The molecule has 5 heterocycles. The van der Waals surface area contributed by atoms with Gasteiger partial charge in [-0.05, 0) is 26.1 Å². The molecule has 0 atom stereocenters. The predicted octanol–water partition coefficient (Wildman–Crippen LogP) is 4.83. The van der Waals surface area contributed by atoms with E-state index >= 15 is 4.39 Å². The first-order valence-electron chi connectivity index (χ1n) is 11.9. The van der Waals surface area contributed by atoms with Crippen molar-refractivity contribution in [1.29, 1.82) is 0 Å². The number of rotatable bonds is 8. The highest BCUT2D eigenvalue weighted by molar-refractivity contribution is 5.97. The minimum Gasteiger partial charge on any atom is -0.346 e. The zero-order chi connectivity index (χ0) is 26.8. The van der Waals surface area contributed by atoms with Gasteiger partial charge in [0.15, 0.2) is 11.6 Å². The molecule has 0 aromatic carbocycles. The van der Waals surface area contributed by atoms with Crippen LogP contribution in [0.1, 0.15) is 26.7 Å². The number of amides is 1. The molecule has 0 fully saturated rings. The summed E-state index contributed by atoms with van der Waals surface area (Å²) in [5, 5.41) is 10.2. The van der Waals surface area contributed by atoms with Crippen molar-refractivity contribution in [2.24, 2.45) is 4.99 Å². The number of fused-ring (bicyclic) bond motifs is 2. The third-order valence-electron chi connectivity index (χ3n) is 5.93. The molecule has 5 aromatic heterocycles. The van der Waals surface area contributed by atoms with Crippen LogP contribution in [0.15, 0.2) is 53.9 Å². The minimum atomic E-state index is -0.586. The molecule has 5 aromatic rings. The molecule has 38 heavy (non-hydrogen) atoms. The van der Waals surface area contributed by atoms with Crippen LogP contribution >= 0.6 is 0 Å². The Morgan fingerprint density at radius 3 is 2.79 bits per heavy atom. The van der Waals surface area contributed by atoms with Crippen LogP contribution in [-0.2, 0) is 4.79 Å². The van der Waals surface area contributed by atoms with Crippen molar-refractivity contribution in [3.05, 3.63) is 54.8 Å². The lowest BCUT2D eigenvalue weighted by molar-refractivity contribution is -0.116. The maximum Gasteiger partial charge on any atom is 0.224 e. The molecule has 0 saturated heterocycles. The van der Waals surface area contributed by atoms with Crippen molar-refractivity contribution in [1.82, 2.24) is 35.1 Å². The summed E-state index contributed by atoms with van der Waals surface area (Å²) in [6.07, 6.45) is 10.8. The van der Waals surface area contributed by atoms with Crippen LogP contribution in [0, 0.1) is 5.82 Å². The number of halogens is 1. The van der Waals surface area contributed by atoms with E-state index < -0.39 is 5.82 Å². The number of carbonyl (C=O) groups is 1. The van der Waals surface area contributed by atoms with Crippen LogP contribution in [0.2, 0.25) is 0 Å². The topological polar surface area (TPSA) is 141 Å². The van der Waals surface area contributed by atoms with Crippen molar-refractivity contribution >= 4 is 45.9 Å². The lowest BCUT2D eigenvalue weighted by Gasteiger charge is -2.14. The van der Waals surface area contributed by atoms with Crippen molar-refractivity contribution in [3.63, 3.8) is 0 Å². The summed E-state index contributed by atoms with van der Waals surface area (Å²) >= 11 is 0. The average molecular weight is 513 g/mol. The zero-order valence-electron chi connectivity index (χ0n) is 21.1. The molecule has 12 heteroatoms. The Hall–Kier alpha value is -5.00. The fourth-order valence-electron chi connectivity index (χ4n) is 4.12. The molecule has 11 nitrogen and oxygen atoms in total. The van der Waals surface area contributed by atoms with E-state index in [-0.39, 0.29) is 17.0 Å². The van der Waals surface area contributed by atoms with Crippen molar-refractivity contribution in [2.45, 2.75) is 26.7 Å². The number of pyridine rings is 3. The van der Waals surface area contributed by atoms with Crippen LogP contribution in [0.5, 0.6) is 0 Å². The van der Waals surface area contributed by atoms with Gasteiger partial charge in [-0.25, -0.2) is 9.37 Å². The van der Waals surface area contributed by atoms with Gasteiger partial charge < -0.3 is 15.2 Å². The van der Waals surface area contributed by atoms with Crippen LogP contribution in [0.3, 0.4) is 0 Å². The summed E-state index contributed by atoms with van der Waals surface area (Å²) in [6, 6.07) is 1.64. The number of allylic oxidation sites excluding steroid dienone is 1. The molecule has 3 N–H and O–H groups in total. The first-order chi connectivity index (χ1) is 18.4. The number of nitrogens with one attached hydrogen (secondary N) is 3. The Labute approximate surface area is 217 Å². The van der Waals surface area contributed by atoms with Crippen LogP contribution in [-0.4, -0.2) is 54.8 Å². The van der Waals surface area contributed by atoms with E-state index in [1.165, 1.54) is 18.6 Å². The Bertz CT molecular complexity index is 1700. The normalized spacial score (nSPS) is 11.7. The summed E-state index contributed by atoms with van der Waals surface area (Å²) in [5.41, 5.74) is 4.42. The number of imidazole rings is 1. The number of H-pyrrole nitrogens is 2. The van der Waals surface area contributed by atoms with E-state index in [9.17, 15) is 4.79 Å². The van der Waals surface area contributed by atoms with Gasteiger partial charge in [0, 0.05) is 31.4 Å². The van der Waals surface area contributed by atoms with E-state index in [0.717, 1.165) is 11.4 Å². The molecule has 0 spiro atoms. The molecular formula is C26H25FN10O. The van der Waals surface area contributed by atoms with E-state index in [1.807, 2.05) is 32.0 Å². The first kappa shape index (κ1) is 24.7. The van der Waals surface area contributed by atoms with Gasteiger partial charge in [-0.3, -0.25) is 29.8 Å². The second kappa shape index (κ2) is 10.2. The summed E-state index contributed by atoms with van der Waals surface area (Å²) < 4.78 is 16.0. The summed E-state index contributed by atoms with van der Waals surface area (Å²) in [5.74, 6) is -0.355. The van der Waals surface area contributed by atoms with E-state index in [0.29, 0.717) is 52.2 Å². The lowest BCUT2D eigenvalue weighted by atomic mass is 10.1. The molecule has 0 aliphatic heterocycles. The van der Waals surface area contributed by atoms with Gasteiger partial charge in [0.2, 0.25) is 5.91 Å². The number of hydrogen-bond donors (Lipinski definition) is 3. The average Bonchev–Trinajstić information content (AvgIpc) is 3.53. The van der Waals surface area contributed by atoms with Crippen molar-refractivity contribution in [2.75, 3.05) is 17.3 Å².